The van der Waals surface area contributed by atoms with Crippen LogP contribution >= 0.6 is 0 Å². The summed E-state index contributed by atoms with van der Waals surface area (Å²) in [4.78, 5) is 13.3. The van der Waals surface area contributed by atoms with Crippen LogP contribution in [0.25, 0.3) is 0 Å². The van der Waals surface area contributed by atoms with Crippen LogP contribution < -0.4 is 4.74 Å². The van der Waals surface area contributed by atoms with Gasteiger partial charge in [0.1, 0.15) is 0 Å². The Hall–Kier alpha value is -2.13. The molecule has 0 saturated heterocycles. The van der Waals surface area contributed by atoms with Gasteiger partial charge in [0, 0.05) is 6.07 Å². The van der Waals surface area contributed by atoms with E-state index < -0.39 is 41.6 Å². The van der Waals surface area contributed by atoms with Crippen LogP contribution in [0.15, 0.2) is 6.07 Å². The molecule has 0 aliphatic carbocycles. The first-order valence-corrected chi connectivity index (χ1v) is 4.13. The highest BCUT2D eigenvalue weighted by Gasteiger charge is 2.33. The number of carbonyl (C=O) groups is 1. The predicted octanol–water partition coefficient (Wildman–Crippen LogP) is 2.32. The molecule has 2 N–H and O–H groups in total. The molecule has 1 aromatic rings. The molecule has 0 bridgehead atoms. The molecule has 0 unspecified atom stereocenters. The smallest absolute Gasteiger partial charge is 0.505 e. The van der Waals surface area contributed by atoms with Crippen molar-refractivity contribution in [2.24, 2.45) is 0 Å². The van der Waals surface area contributed by atoms with Gasteiger partial charge in [-0.05, 0) is 0 Å². The van der Waals surface area contributed by atoms with Crippen LogP contribution in [0.1, 0.15) is 22.5 Å². The van der Waals surface area contributed by atoms with Crippen LogP contribution in [0.4, 0.5) is 22.0 Å². The number of hydrogen-bond acceptors (Lipinski definition) is 4. The zero-order valence-corrected chi connectivity index (χ0v) is 8.20. The molecule has 0 aliphatic heterocycles. The Morgan fingerprint density at radius 1 is 1.39 bits per heavy atom. The third kappa shape index (κ3) is 3.18. The van der Waals surface area contributed by atoms with Crippen LogP contribution in [0.2, 0.25) is 0 Å². The van der Waals surface area contributed by atoms with Crippen LogP contribution in [0.5, 0.6) is 11.6 Å². The molecule has 1 aromatic heterocycles. The van der Waals surface area contributed by atoms with Gasteiger partial charge in [-0.2, -0.15) is 0 Å². The number of rotatable bonds is 3. The van der Waals surface area contributed by atoms with E-state index in [9.17, 15) is 26.7 Å². The lowest BCUT2D eigenvalue weighted by molar-refractivity contribution is -0.276. The van der Waals surface area contributed by atoms with E-state index in [4.69, 9.17) is 10.2 Å². The Balaban J connectivity index is 3.34. The number of nitrogens with zero attached hydrogens (tertiary/aromatic N) is 1. The summed E-state index contributed by atoms with van der Waals surface area (Å²) in [6.45, 7) is 0. The molecule has 0 radical (unpaired) electrons. The number of aromatic hydroxyl groups is 1. The van der Waals surface area contributed by atoms with E-state index in [1.165, 1.54) is 0 Å². The van der Waals surface area contributed by atoms with Gasteiger partial charge >= 0.3 is 12.3 Å². The summed E-state index contributed by atoms with van der Waals surface area (Å²) >= 11 is 0. The molecule has 0 aromatic carbocycles. The Labute approximate surface area is 95.4 Å². The summed E-state index contributed by atoms with van der Waals surface area (Å²) in [5.74, 6) is -4.78. The molecule has 10 heteroatoms. The van der Waals surface area contributed by atoms with Crippen LogP contribution in [-0.4, -0.2) is 27.5 Å². The third-order valence-electron chi connectivity index (χ3n) is 1.66. The van der Waals surface area contributed by atoms with Crippen LogP contribution in [-0.2, 0) is 0 Å². The average molecular weight is 273 g/mol. The lowest BCUT2D eigenvalue weighted by atomic mass is 10.2. The number of carboxylic acids is 1. The highest BCUT2D eigenvalue weighted by atomic mass is 19.4. The number of halogens is 5. The van der Waals surface area contributed by atoms with Gasteiger partial charge in [0.05, 0.1) is 5.56 Å². The highest BCUT2D eigenvalue weighted by Crippen LogP contribution is 2.34. The molecular formula is C8H4F5NO4. The molecule has 0 amide bonds. The van der Waals surface area contributed by atoms with Gasteiger partial charge < -0.3 is 14.9 Å². The number of pyridine rings is 1. The summed E-state index contributed by atoms with van der Waals surface area (Å²) in [6, 6.07) is 0.111. The molecule has 0 atom stereocenters. The standard InChI is InChI=1S/C8H4F5NO4/c9-6(10)2-1-3(18-8(11,12)13)14-4(5(2)15)7(16)17/h1,6,15H,(H,16,17). The number of aromatic carboxylic acids is 1. The third-order valence-corrected chi connectivity index (χ3v) is 1.66. The van der Waals surface area contributed by atoms with Crippen molar-refractivity contribution in [1.82, 2.24) is 4.98 Å². The zero-order chi connectivity index (χ0) is 14.1. The zero-order valence-electron chi connectivity index (χ0n) is 8.20. The number of aromatic nitrogens is 1. The van der Waals surface area contributed by atoms with Crippen LogP contribution in [0.3, 0.4) is 0 Å². The van der Waals surface area contributed by atoms with Crippen LogP contribution in [0, 0.1) is 0 Å². The monoisotopic (exact) mass is 273 g/mol. The average Bonchev–Trinajstić information content (AvgIpc) is 2.17. The Bertz CT molecular complexity index is 473. The van der Waals surface area contributed by atoms with Gasteiger partial charge in [-0.15, -0.1) is 13.2 Å². The van der Waals surface area contributed by atoms with Crippen molar-refractivity contribution >= 4 is 5.97 Å². The molecule has 0 saturated carbocycles. The predicted molar refractivity (Wildman–Crippen MR) is 44.5 cm³/mol. The van der Waals surface area contributed by atoms with E-state index in [2.05, 4.69) is 9.72 Å². The highest BCUT2D eigenvalue weighted by molar-refractivity contribution is 5.89. The minimum absolute atomic E-state index is 0.111. The Morgan fingerprint density at radius 3 is 2.33 bits per heavy atom. The van der Waals surface area contributed by atoms with Crippen molar-refractivity contribution in [3.05, 3.63) is 17.3 Å². The normalized spacial score (nSPS) is 11.7. The first-order valence-electron chi connectivity index (χ1n) is 4.13. The molecule has 100 valence electrons. The van der Waals surface area contributed by atoms with E-state index >= 15 is 0 Å². The molecule has 0 fully saturated rings. The number of hydrogen-bond donors (Lipinski definition) is 2. The lowest BCUT2D eigenvalue weighted by Gasteiger charge is -2.11. The summed E-state index contributed by atoms with van der Waals surface area (Å²) in [6.07, 6.45) is -8.61. The van der Waals surface area contributed by atoms with Crippen molar-refractivity contribution in [1.29, 1.82) is 0 Å². The molecule has 0 aliphatic rings. The molecule has 5 nitrogen and oxygen atoms in total. The quantitative estimate of drug-likeness (QED) is 0.826. The van der Waals surface area contributed by atoms with Crippen molar-refractivity contribution < 1.29 is 41.7 Å². The van der Waals surface area contributed by atoms with Crippen molar-refractivity contribution in [2.75, 3.05) is 0 Å². The molecule has 1 heterocycles. The van der Waals surface area contributed by atoms with Gasteiger partial charge in [0.2, 0.25) is 5.88 Å². The molecule has 18 heavy (non-hydrogen) atoms. The number of alkyl halides is 5. The maximum atomic E-state index is 12.4. The fourth-order valence-corrected chi connectivity index (χ4v) is 1.02. The Kier molecular flexibility index (Phi) is 3.58. The second-order valence-corrected chi connectivity index (χ2v) is 2.90. The van der Waals surface area contributed by atoms with Gasteiger partial charge in [0.15, 0.2) is 11.4 Å². The van der Waals surface area contributed by atoms with Gasteiger partial charge in [0.25, 0.3) is 6.43 Å². The summed E-state index contributed by atoms with van der Waals surface area (Å²) < 4.78 is 63.5. The largest absolute Gasteiger partial charge is 0.574 e. The minimum atomic E-state index is -5.22. The van der Waals surface area contributed by atoms with Gasteiger partial charge in [-0.25, -0.2) is 18.6 Å². The fourth-order valence-electron chi connectivity index (χ4n) is 1.02. The topological polar surface area (TPSA) is 79.7 Å². The lowest BCUT2D eigenvalue weighted by Crippen LogP contribution is -2.19. The van der Waals surface area contributed by atoms with Crippen molar-refractivity contribution in [3.8, 4) is 11.6 Å². The Morgan fingerprint density at radius 2 is 1.94 bits per heavy atom. The fraction of sp³-hybridized carbons (Fsp3) is 0.250. The first-order chi connectivity index (χ1) is 8.11. The van der Waals surface area contributed by atoms with Crippen molar-refractivity contribution in [3.63, 3.8) is 0 Å². The molecule has 0 spiro atoms. The molecular weight excluding hydrogens is 269 g/mol. The van der Waals surface area contributed by atoms with E-state index in [0.717, 1.165) is 0 Å². The maximum absolute atomic E-state index is 12.4. The summed E-state index contributed by atoms with van der Waals surface area (Å²) in [5.41, 5.74) is -2.67. The minimum Gasteiger partial charge on any atom is -0.505 e. The van der Waals surface area contributed by atoms with E-state index in [0.29, 0.717) is 0 Å². The second-order valence-electron chi connectivity index (χ2n) is 2.90. The number of carboxylic acid groups (broad SMARTS) is 1. The summed E-state index contributed by atoms with van der Waals surface area (Å²) in [7, 11) is 0. The van der Waals surface area contributed by atoms with E-state index in [-0.39, 0.29) is 6.07 Å². The first kappa shape index (κ1) is 13.9. The van der Waals surface area contributed by atoms with Gasteiger partial charge in [-0.1, -0.05) is 0 Å². The second kappa shape index (κ2) is 4.63. The van der Waals surface area contributed by atoms with E-state index in [1.807, 2.05) is 0 Å². The van der Waals surface area contributed by atoms with E-state index in [1.54, 1.807) is 0 Å². The SMILES string of the molecule is O=C(O)c1nc(OC(F)(F)F)cc(C(F)F)c1O. The van der Waals surface area contributed by atoms with Crippen molar-refractivity contribution in [2.45, 2.75) is 12.8 Å². The number of ether oxygens (including phenoxy) is 1. The maximum Gasteiger partial charge on any atom is 0.574 e. The molecule has 1 rings (SSSR count). The van der Waals surface area contributed by atoms with Gasteiger partial charge in [-0.3, -0.25) is 0 Å². The summed E-state index contributed by atoms with van der Waals surface area (Å²) in [5, 5.41) is 17.6.